The quantitative estimate of drug-likeness (QED) is 0.806. The summed E-state index contributed by atoms with van der Waals surface area (Å²) in [5.74, 6) is -0.0144. The smallest absolute Gasteiger partial charge is 0.259 e. The molecule has 0 saturated carbocycles. The predicted molar refractivity (Wildman–Crippen MR) is 82.8 cm³/mol. The molecule has 0 aliphatic rings. The first-order valence-corrected chi connectivity index (χ1v) is 6.90. The van der Waals surface area contributed by atoms with Gasteiger partial charge in [0.1, 0.15) is 0 Å². The summed E-state index contributed by atoms with van der Waals surface area (Å²) in [6.07, 6.45) is 0. The van der Waals surface area contributed by atoms with E-state index in [0.717, 1.165) is 15.7 Å². The number of halogens is 1. The van der Waals surface area contributed by atoms with Gasteiger partial charge in [-0.1, -0.05) is 29.8 Å². The maximum atomic E-state index is 12.5. The molecule has 0 saturated heterocycles. The standard InChI is InChI=1S/C16H16BrNO/c1-11-8-9-15(12(2)10-11)18(3)16(19)13-6-4-5-7-14(13)17/h4-10H,1-3H3. The normalized spacial score (nSPS) is 10.3. The van der Waals surface area contributed by atoms with Crippen LogP contribution in [0.2, 0.25) is 0 Å². The molecule has 98 valence electrons. The molecule has 0 radical (unpaired) electrons. The van der Waals surface area contributed by atoms with Gasteiger partial charge in [-0.05, 0) is 53.5 Å². The van der Waals surface area contributed by atoms with E-state index >= 15 is 0 Å². The zero-order chi connectivity index (χ0) is 14.0. The molecule has 0 aliphatic carbocycles. The first kappa shape index (κ1) is 13.8. The molecule has 0 unspecified atom stereocenters. The monoisotopic (exact) mass is 317 g/mol. The van der Waals surface area contributed by atoms with Crippen LogP contribution in [0.4, 0.5) is 5.69 Å². The summed E-state index contributed by atoms with van der Waals surface area (Å²) in [4.78, 5) is 14.2. The summed E-state index contributed by atoms with van der Waals surface area (Å²) in [5.41, 5.74) is 3.90. The number of carbonyl (C=O) groups is 1. The van der Waals surface area contributed by atoms with Gasteiger partial charge in [-0.2, -0.15) is 0 Å². The zero-order valence-electron chi connectivity index (χ0n) is 11.3. The molecule has 3 heteroatoms. The summed E-state index contributed by atoms with van der Waals surface area (Å²) < 4.78 is 0.816. The Morgan fingerprint density at radius 1 is 1.11 bits per heavy atom. The molecule has 2 aromatic rings. The van der Waals surface area contributed by atoms with E-state index < -0.39 is 0 Å². The summed E-state index contributed by atoms with van der Waals surface area (Å²) in [6.45, 7) is 4.07. The molecule has 1 amide bonds. The first-order chi connectivity index (χ1) is 9.00. The number of nitrogens with zero attached hydrogens (tertiary/aromatic N) is 1. The number of benzene rings is 2. The summed E-state index contributed by atoms with van der Waals surface area (Å²) in [6, 6.07) is 13.6. The molecule has 0 aromatic heterocycles. The molecule has 2 rings (SSSR count). The average molecular weight is 318 g/mol. The van der Waals surface area contributed by atoms with Crippen LogP contribution in [0.25, 0.3) is 0 Å². The third-order valence-corrected chi connectivity index (χ3v) is 3.81. The highest BCUT2D eigenvalue weighted by Gasteiger charge is 2.17. The van der Waals surface area contributed by atoms with Gasteiger partial charge < -0.3 is 4.90 Å². The fraction of sp³-hybridized carbons (Fsp3) is 0.188. The van der Waals surface area contributed by atoms with Crippen molar-refractivity contribution < 1.29 is 4.79 Å². The second kappa shape index (κ2) is 5.57. The van der Waals surface area contributed by atoms with E-state index in [1.807, 2.05) is 50.2 Å². The fourth-order valence-electron chi connectivity index (χ4n) is 2.11. The van der Waals surface area contributed by atoms with E-state index in [9.17, 15) is 4.79 Å². The van der Waals surface area contributed by atoms with Crippen LogP contribution < -0.4 is 4.90 Å². The maximum absolute atomic E-state index is 12.5. The SMILES string of the molecule is Cc1ccc(N(C)C(=O)c2ccccc2Br)c(C)c1. The number of hydrogen-bond acceptors (Lipinski definition) is 1. The van der Waals surface area contributed by atoms with Gasteiger partial charge >= 0.3 is 0 Å². The Kier molecular flexibility index (Phi) is 4.05. The Morgan fingerprint density at radius 3 is 2.42 bits per heavy atom. The lowest BCUT2D eigenvalue weighted by atomic mass is 10.1. The lowest BCUT2D eigenvalue weighted by molar-refractivity contribution is 0.0992. The van der Waals surface area contributed by atoms with E-state index in [2.05, 4.69) is 22.0 Å². The average Bonchev–Trinajstić information content (AvgIpc) is 2.38. The molecule has 19 heavy (non-hydrogen) atoms. The fourth-order valence-corrected chi connectivity index (χ4v) is 2.56. The van der Waals surface area contributed by atoms with Crippen molar-refractivity contribution in [3.8, 4) is 0 Å². The van der Waals surface area contributed by atoms with Crippen molar-refractivity contribution in [3.63, 3.8) is 0 Å². The Balaban J connectivity index is 2.37. The van der Waals surface area contributed by atoms with Gasteiger partial charge in [0.25, 0.3) is 5.91 Å². The summed E-state index contributed by atoms with van der Waals surface area (Å²) >= 11 is 3.42. The van der Waals surface area contributed by atoms with Gasteiger partial charge in [-0.3, -0.25) is 4.79 Å². The van der Waals surface area contributed by atoms with E-state index in [1.54, 1.807) is 11.9 Å². The third-order valence-electron chi connectivity index (χ3n) is 3.12. The van der Waals surface area contributed by atoms with Crippen LogP contribution in [0.15, 0.2) is 46.9 Å². The van der Waals surface area contributed by atoms with Crippen molar-refractivity contribution in [1.82, 2.24) is 0 Å². The van der Waals surface area contributed by atoms with E-state index in [-0.39, 0.29) is 5.91 Å². The second-order valence-corrected chi connectivity index (χ2v) is 5.49. The van der Waals surface area contributed by atoms with Crippen molar-refractivity contribution in [1.29, 1.82) is 0 Å². The first-order valence-electron chi connectivity index (χ1n) is 6.10. The van der Waals surface area contributed by atoms with Crippen LogP contribution in [0.1, 0.15) is 21.5 Å². The number of carbonyl (C=O) groups excluding carboxylic acids is 1. The van der Waals surface area contributed by atoms with Crippen molar-refractivity contribution in [2.24, 2.45) is 0 Å². The molecule has 0 atom stereocenters. The zero-order valence-corrected chi connectivity index (χ0v) is 12.9. The molecule has 2 aromatic carbocycles. The topological polar surface area (TPSA) is 20.3 Å². The van der Waals surface area contributed by atoms with Gasteiger partial charge in [0.15, 0.2) is 0 Å². The highest BCUT2D eigenvalue weighted by atomic mass is 79.9. The lowest BCUT2D eigenvalue weighted by Crippen LogP contribution is -2.27. The van der Waals surface area contributed by atoms with Crippen molar-refractivity contribution in [2.75, 3.05) is 11.9 Å². The Labute approximate surface area is 122 Å². The van der Waals surface area contributed by atoms with Crippen molar-refractivity contribution in [3.05, 3.63) is 63.6 Å². The van der Waals surface area contributed by atoms with Crippen LogP contribution >= 0.6 is 15.9 Å². The Morgan fingerprint density at radius 2 is 1.79 bits per heavy atom. The molecule has 0 bridgehead atoms. The predicted octanol–water partition coefficient (Wildman–Crippen LogP) is 4.34. The molecule has 0 fully saturated rings. The molecule has 2 nitrogen and oxygen atoms in total. The molecule has 0 spiro atoms. The minimum atomic E-state index is -0.0144. The Hall–Kier alpha value is -1.61. The largest absolute Gasteiger partial charge is 0.311 e. The highest BCUT2D eigenvalue weighted by molar-refractivity contribution is 9.10. The number of amides is 1. The minimum absolute atomic E-state index is 0.0144. The van der Waals surface area contributed by atoms with Crippen LogP contribution in [0.5, 0.6) is 0 Å². The number of rotatable bonds is 2. The number of hydrogen-bond donors (Lipinski definition) is 0. The second-order valence-electron chi connectivity index (χ2n) is 4.63. The summed E-state index contributed by atoms with van der Waals surface area (Å²) in [7, 11) is 1.80. The van der Waals surface area contributed by atoms with E-state index in [4.69, 9.17) is 0 Å². The molecule has 0 heterocycles. The molecule has 0 aliphatic heterocycles. The van der Waals surface area contributed by atoms with Gasteiger partial charge in [0.2, 0.25) is 0 Å². The molecule has 0 N–H and O–H groups in total. The van der Waals surface area contributed by atoms with E-state index in [0.29, 0.717) is 5.56 Å². The van der Waals surface area contributed by atoms with Crippen LogP contribution in [-0.2, 0) is 0 Å². The van der Waals surface area contributed by atoms with Crippen LogP contribution in [0, 0.1) is 13.8 Å². The van der Waals surface area contributed by atoms with Gasteiger partial charge in [0, 0.05) is 17.2 Å². The Bertz CT molecular complexity index is 622. The molecular weight excluding hydrogens is 302 g/mol. The highest BCUT2D eigenvalue weighted by Crippen LogP contribution is 2.24. The van der Waals surface area contributed by atoms with Gasteiger partial charge in [-0.15, -0.1) is 0 Å². The molecular formula is C16H16BrNO. The van der Waals surface area contributed by atoms with Crippen molar-refractivity contribution in [2.45, 2.75) is 13.8 Å². The van der Waals surface area contributed by atoms with Gasteiger partial charge in [-0.25, -0.2) is 0 Å². The number of aryl methyl sites for hydroxylation is 2. The van der Waals surface area contributed by atoms with Crippen LogP contribution in [0.3, 0.4) is 0 Å². The van der Waals surface area contributed by atoms with E-state index in [1.165, 1.54) is 5.56 Å². The number of anilines is 1. The lowest BCUT2D eigenvalue weighted by Gasteiger charge is -2.20. The summed E-state index contributed by atoms with van der Waals surface area (Å²) in [5, 5.41) is 0. The van der Waals surface area contributed by atoms with Crippen molar-refractivity contribution >= 4 is 27.5 Å². The maximum Gasteiger partial charge on any atom is 0.259 e. The minimum Gasteiger partial charge on any atom is -0.311 e. The third kappa shape index (κ3) is 2.87. The van der Waals surface area contributed by atoms with Gasteiger partial charge in [0.05, 0.1) is 5.56 Å². The van der Waals surface area contributed by atoms with Crippen LogP contribution in [-0.4, -0.2) is 13.0 Å².